The molecule has 208 valence electrons. The second kappa shape index (κ2) is 10.9. The first kappa shape index (κ1) is 29.4. The van der Waals surface area contributed by atoms with E-state index in [4.69, 9.17) is 0 Å². The normalized spacial score (nSPS) is 21.2. The summed E-state index contributed by atoms with van der Waals surface area (Å²) in [5.41, 5.74) is 1.07. The number of amides is 4. The lowest BCUT2D eigenvalue weighted by molar-refractivity contribution is 0.0754. The van der Waals surface area contributed by atoms with E-state index >= 15 is 0 Å². The Kier molecular flexibility index (Phi) is 8.47. The molecule has 4 amide bonds. The van der Waals surface area contributed by atoms with E-state index in [0.717, 1.165) is 11.1 Å². The fourth-order valence-corrected chi connectivity index (χ4v) is 7.06. The average Bonchev–Trinajstić information content (AvgIpc) is 2.76. The maximum atomic E-state index is 12.6. The monoisotopic (exact) mass is 564 g/mol. The van der Waals surface area contributed by atoms with E-state index in [-0.39, 0.29) is 27.8 Å². The van der Waals surface area contributed by atoms with Crippen LogP contribution in [-0.4, -0.2) is 41.5 Å². The molecule has 1 aliphatic rings. The molecule has 10 nitrogen and oxygen atoms in total. The fourth-order valence-electron chi connectivity index (χ4n) is 5.21. The van der Waals surface area contributed by atoms with Crippen molar-refractivity contribution in [1.29, 1.82) is 0 Å². The number of benzene rings is 2. The van der Waals surface area contributed by atoms with Gasteiger partial charge in [-0.25, -0.2) is 35.9 Å². The van der Waals surface area contributed by atoms with Crippen LogP contribution in [0.1, 0.15) is 51.2 Å². The molecule has 2 aromatic rings. The predicted octanol–water partition coefficient (Wildman–Crippen LogP) is 3.56. The molecule has 12 heteroatoms. The molecular formula is C26H36N4O6S2. The van der Waals surface area contributed by atoms with E-state index in [2.05, 4.69) is 15.4 Å². The second-order valence-electron chi connectivity index (χ2n) is 11.3. The highest BCUT2D eigenvalue weighted by atomic mass is 32.2. The smallest absolute Gasteiger partial charge is 0.328 e. The van der Waals surface area contributed by atoms with Crippen molar-refractivity contribution >= 4 is 32.1 Å². The van der Waals surface area contributed by atoms with Crippen LogP contribution in [0.5, 0.6) is 0 Å². The van der Waals surface area contributed by atoms with Crippen molar-refractivity contribution in [3.8, 4) is 0 Å². The fraction of sp³-hybridized carbons (Fsp3) is 0.462. The predicted molar refractivity (Wildman–Crippen MR) is 144 cm³/mol. The zero-order valence-corrected chi connectivity index (χ0v) is 23.9. The van der Waals surface area contributed by atoms with Crippen LogP contribution in [0.3, 0.4) is 0 Å². The Morgan fingerprint density at radius 2 is 1.21 bits per heavy atom. The summed E-state index contributed by atoms with van der Waals surface area (Å²) in [7, 11) is -8.06. The molecule has 0 spiro atoms. The molecule has 38 heavy (non-hydrogen) atoms. The zero-order valence-electron chi connectivity index (χ0n) is 22.3. The summed E-state index contributed by atoms with van der Waals surface area (Å²) < 4.78 is 54.3. The Morgan fingerprint density at radius 1 is 0.763 bits per heavy atom. The lowest BCUT2D eigenvalue weighted by atomic mass is 9.62. The number of hydrogen-bond donors (Lipinski definition) is 4. The van der Waals surface area contributed by atoms with E-state index in [1.807, 2.05) is 39.3 Å². The van der Waals surface area contributed by atoms with Crippen LogP contribution < -0.4 is 20.1 Å². The maximum Gasteiger partial charge on any atom is 0.328 e. The lowest BCUT2D eigenvalue weighted by Crippen LogP contribution is -2.53. The van der Waals surface area contributed by atoms with Gasteiger partial charge in [0, 0.05) is 12.6 Å². The minimum Gasteiger partial charge on any atom is -0.337 e. The largest absolute Gasteiger partial charge is 0.337 e. The molecule has 0 unspecified atom stereocenters. The molecule has 1 saturated carbocycles. The SMILES string of the molecule is Cc1ccc(S(=O)(=O)NC(=O)NC[C@]2(C)C[C@H](NC(=O)NS(=O)(=O)c3ccc(C)cc3)CC(C)(C)C2)cc1. The van der Waals surface area contributed by atoms with Crippen molar-refractivity contribution in [3.05, 3.63) is 59.7 Å². The zero-order chi connectivity index (χ0) is 28.4. The van der Waals surface area contributed by atoms with Crippen molar-refractivity contribution in [3.63, 3.8) is 0 Å². The third-order valence-electron chi connectivity index (χ3n) is 6.57. The van der Waals surface area contributed by atoms with E-state index < -0.39 is 37.5 Å². The molecule has 1 aliphatic carbocycles. The van der Waals surface area contributed by atoms with Gasteiger partial charge in [-0.2, -0.15) is 0 Å². The van der Waals surface area contributed by atoms with Crippen molar-refractivity contribution < 1.29 is 26.4 Å². The van der Waals surface area contributed by atoms with E-state index in [1.165, 1.54) is 24.3 Å². The Hall–Kier alpha value is -3.12. The summed E-state index contributed by atoms with van der Waals surface area (Å²) in [5.74, 6) is 0. The standard InChI is InChI=1S/C26H36N4O6S2/c1-18-6-10-21(11-7-18)37(33,34)29-23(31)27-17-26(5)15-20(14-25(3,4)16-26)28-24(32)30-38(35,36)22-12-8-19(2)9-13-22/h6-13,20H,14-17H2,1-5H3,(H2,27,29,31)(H2,28,30,32)/t20-,26-/m1/s1. The third kappa shape index (κ3) is 7.94. The van der Waals surface area contributed by atoms with Crippen molar-refractivity contribution in [2.75, 3.05) is 6.54 Å². The molecular weight excluding hydrogens is 528 g/mol. The summed E-state index contributed by atoms with van der Waals surface area (Å²) in [4.78, 5) is 25.1. The van der Waals surface area contributed by atoms with Crippen LogP contribution in [-0.2, 0) is 20.0 Å². The Balaban J connectivity index is 1.61. The van der Waals surface area contributed by atoms with Gasteiger partial charge in [-0.3, -0.25) is 0 Å². The first-order chi connectivity index (χ1) is 17.5. The number of aryl methyl sites for hydroxylation is 2. The molecule has 0 aromatic heterocycles. The number of sulfonamides is 2. The van der Waals surface area contributed by atoms with Gasteiger partial charge in [0.2, 0.25) is 0 Å². The van der Waals surface area contributed by atoms with E-state index in [1.54, 1.807) is 24.3 Å². The minimum atomic E-state index is -4.03. The summed E-state index contributed by atoms with van der Waals surface area (Å²) >= 11 is 0. The summed E-state index contributed by atoms with van der Waals surface area (Å²) in [5, 5.41) is 5.42. The molecule has 4 N–H and O–H groups in total. The molecule has 0 bridgehead atoms. The van der Waals surface area contributed by atoms with Gasteiger partial charge in [0.1, 0.15) is 0 Å². The lowest BCUT2D eigenvalue weighted by Gasteiger charge is -2.46. The summed E-state index contributed by atoms with van der Waals surface area (Å²) in [6, 6.07) is 10.3. The Morgan fingerprint density at radius 3 is 1.68 bits per heavy atom. The Labute approximate surface area is 225 Å². The Bertz CT molecular complexity index is 1390. The second-order valence-corrected chi connectivity index (χ2v) is 14.6. The van der Waals surface area contributed by atoms with Crippen LogP contribution in [0.15, 0.2) is 58.3 Å². The van der Waals surface area contributed by atoms with Crippen LogP contribution >= 0.6 is 0 Å². The van der Waals surface area contributed by atoms with Gasteiger partial charge < -0.3 is 10.6 Å². The van der Waals surface area contributed by atoms with Crippen LogP contribution in [0.2, 0.25) is 0 Å². The quantitative estimate of drug-likeness (QED) is 0.404. The molecule has 1 fully saturated rings. The first-order valence-corrected chi connectivity index (χ1v) is 15.2. The van der Waals surface area contributed by atoms with Gasteiger partial charge in [-0.1, -0.05) is 56.2 Å². The van der Waals surface area contributed by atoms with Gasteiger partial charge in [0.05, 0.1) is 9.79 Å². The highest BCUT2D eigenvalue weighted by molar-refractivity contribution is 7.90. The molecule has 0 saturated heterocycles. The average molecular weight is 565 g/mol. The molecule has 0 radical (unpaired) electrons. The topological polar surface area (TPSA) is 151 Å². The van der Waals surface area contributed by atoms with Gasteiger partial charge in [0.15, 0.2) is 0 Å². The van der Waals surface area contributed by atoms with Crippen molar-refractivity contribution in [2.24, 2.45) is 10.8 Å². The minimum absolute atomic E-state index is 0.0112. The molecule has 0 aliphatic heterocycles. The van der Waals surface area contributed by atoms with E-state index in [0.29, 0.717) is 19.3 Å². The summed E-state index contributed by atoms with van der Waals surface area (Å²) in [6.07, 6.45) is 1.76. The molecule has 3 rings (SSSR count). The van der Waals surface area contributed by atoms with Gasteiger partial charge in [-0.15, -0.1) is 0 Å². The molecule has 2 atom stereocenters. The van der Waals surface area contributed by atoms with Crippen LogP contribution in [0, 0.1) is 24.7 Å². The van der Waals surface area contributed by atoms with Gasteiger partial charge >= 0.3 is 12.1 Å². The number of nitrogens with one attached hydrogen (secondary N) is 4. The van der Waals surface area contributed by atoms with E-state index in [9.17, 15) is 26.4 Å². The number of urea groups is 2. The van der Waals surface area contributed by atoms with Gasteiger partial charge in [0.25, 0.3) is 20.0 Å². The highest BCUT2D eigenvalue weighted by Gasteiger charge is 2.42. The first-order valence-electron chi connectivity index (χ1n) is 12.3. The number of hydrogen-bond acceptors (Lipinski definition) is 6. The van der Waals surface area contributed by atoms with Crippen molar-refractivity contribution in [2.45, 2.75) is 69.7 Å². The van der Waals surface area contributed by atoms with Crippen molar-refractivity contribution in [1.82, 2.24) is 20.1 Å². The third-order valence-corrected chi connectivity index (χ3v) is 9.26. The van der Waals surface area contributed by atoms with Gasteiger partial charge in [-0.05, 0) is 68.2 Å². The molecule has 2 aromatic carbocycles. The number of carbonyl (C=O) groups excluding carboxylic acids is 2. The highest BCUT2D eigenvalue weighted by Crippen LogP contribution is 2.45. The summed E-state index contributed by atoms with van der Waals surface area (Å²) in [6.45, 7) is 9.83. The maximum absolute atomic E-state index is 12.6. The van der Waals surface area contributed by atoms with Crippen LogP contribution in [0.25, 0.3) is 0 Å². The molecule has 0 heterocycles. The van der Waals surface area contributed by atoms with Crippen LogP contribution in [0.4, 0.5) is 9.59 Å². The number of carbonyl (C=O) groups is 2. The number of rotatable bonds is 7.